The number of hydrogen-bond donors (Lipinski definition) is 2. The van der Waals surface area contributed by atoms with E-state index in [0.29, 0.717) is 12.5 Å². The second-order valence-corrected chi connectivity index (χ2v) is 5.73. The Morgan fingerprint density at radius 2 is 1.77 bits per heavy atom. The van der Waals surface area contributed by atoms with E-state index in [0.717, 1.165) is 31.2 Å². The molecule has 0 heterocycles. The lowest BCUT2D eigenvalue weighted by Gasteiger charge is -2.17. The zero-order chi connectivity index (χ0) is 16.4. The Labute approximate surface area is 133 Å². The molecule has 0 bridgehead atoms. The predicted molar refractivity (Wildman–Crippen MR) is 89.3 cm³/mol. The maximum atomic E-state index is 11.9. The molecular formula is C18H28N2O2. The highest BCUT2D eigenvalue weighted by molar-refractivity contribution is 6.35. The molecule has 22 heavy (non-hydrogen) atoms. The fourth-order valence-electron chi connectivity index (χ4n) is 2.35. The largest absolute Gasteiger partial charge is 0.348 e. The van der Waals surface area contributed by atoms with E-state index in [4.69, 9.17) is 0 Å². The number of nitrogens with one attached hydrogen (secondary N) is 2. The van der Waals surface area contributed by atoms with Crippen LogP contribution in [0, 0.1) is 5.92 Å². The summed E-state index contributed by atoms with van der Waals surface area (Å²) in [4.78, 5) is 23.8. The van der Waals surface area contributed by atoms with E-state index in [1.807, 2.05) is 37.3 Å². The summed E-state index contributed by atoms with van der Waals surface area (Å²) in [6.45, 7) is 6.72. The zero-order valence-electron chi connectivity index (χ0n) is 13.9. The van der Waals surface area contributed by atoms with Crippen LogP contribution in [0.3, 0.4) is 0 Å². The van der Waals surface area contributed by atoms with Crippen LogP contribution in [0.1, 0.15) is 58.1 Å². The lowest BCUT2D eigenvalue weighted by molar-refractivity contribution is -0.139. The highest BCUT2D eigenvalue weighted by Crippen LogP contribution is 2.12. The van der Waals surface area contributed by atoms with Gasteiger partial charge in [0.1, 0.15) is 0 Å². The minimum Gasteiger partial charge on any atom is -0.348 e. The summed E-state index contributed by atoms with van der Waals surface area (Å²) < 4.78 is 0. The molecule has 2 atom stereocenters. The second kappa shape index (κ2) is 9.98. The lowest BCUT2D eigenvalue weighted by Crippen LogP contribution is -2.42. The van der Waals surface area contributed by atoms with Crippen molar-refractivity contribution in [2.45, 2.75) is 52.5 Å². The van der Waals surface area contributed by atoms with Gasteiger partial charge in [-0.05, 0) is 24.8 Å². The van der Waals surface area contributed by atoms with Crippen LogP contribution in [-0.2, 0) is 9.59 Å². The van der Waals surface area contributed by atoms with Crippen molar-refractivity contribution in [2.75, 3.05) is 6.54 Å². The molecule has 122 valence electrons. The van der Waals surface area contributed by atoms with E-state index in [9.17, 15) is 9.59 Å². The van der Waals surface area contributed by atoms with Gasteiger partial charge in [0.05, 0.1) is 6.04 Å². The molecule has 0 radical (unpaired) electrons. The fourth-order valence-corrected chi connectivity index (χ4v) is 2.35. The molecule has 0 aliphatic heterocycles. The molecule has 2 amide bonds. The fraction of sp³-hybridized carbons (Fsp3) is 0.556. The van der Waals surface area contributed by atoms with Crippen LogP contribution in [0.5, 0.6) is 0 Å². The summed E-state index contributed by atoms with van der Waals surface area (Å²) >= 11 is 0. The first-order chi connectivity index (χ1) is 10.6. The maximum Gasteiger partial charge on any atom is 0.309 e. The standard InChI is InChI=1S/C18H28N2O2/c1-4-6-10-15(5-2)13-19-17(21)18(22)20-14(3)16-11-8-7-9-12-16/h7-9,11-12,14-15H,4-6,10,13H2,1-3H3,(H,19,21)(H,20,22)/t14-,15-/m1/s1. The van der Waals surface area contributed by atoms with Gasteiger partial charge in [-0.15, -0.1) is 0 Å². The normalized spacial score (nSPS) is 13.2. The molecule has 0 unspecified atom stereocenters. The summed E-state index contributed by atoms with van der Waals surface area (Å²) in [6.07, 6.45) is 4.42. The molecule has 0 aliphatic carbocycles. The monoisotopic (exact) mass is 304 g/mol. The number of amides is 2. The first kappa shape index (κ1) is 18.2. The second-order valence-electron chi connectivity index (χ2n) is 5.73. The van der Waals surface area contributed by atoms with Gasteiger partial charge in [-0.1, -0.05) is 63.4 Å². The van der Waals surface area contributed by atoms with Gasteiger partial charge >= 0.3 is 11.8 Å². The van der Waals surface area contributed by atoms with Crippen LogP contribution in [0.2, 0.25) is 0 Å². The van der Waals surface area contributed by atoms with Crippen molar-refractivity contribution in [1.29, 1.82) is 0 Å². The summed E-state index contributed by atoms with van der Waals surface area (Å²) in [7, 11) is 0. The summed E-state index contributed by atoms with van der Waals surface area (Å²) in [6, 6.07) is 9.43. The Morgan fingerprint density at radius 3 is 2.36 bits per heavy atom. The van der Waals surface area contributed by atoms with Gasteiger partial charge in [0.15, 0.2) is 0 Å². The Balaban J connectivity index is 2.40. The van der Waals surface area contributed by atoms with Crippen molar-refractivity contribution in [2.24, 2.45) is 5.92 Å². The van der Waals surface area contributed by atoms with E-state index in [1.54, 1.807) is 0 Å². The average molecular weight is 304 g/mol. The molecule has 0 saturated carbocycles. The predicted octanol–water partition coefficient (Wildman–Crippen LogP) is 3.20. The van der Waals surface area contributed by atoms with Gasteiger partial charge < -0.3 is 10.6 Å². The third kappa shape index (κ3) is 6.29. The summed E-state index contributed by atoms with van der Waals surface area (Å²) in [5.41, 5.74) is 0.984. The first-order valence-corrected chi connectivity index (χ1v) is 8.22. The third-order valence-electron chi connectivity index (χ3n) is 3.95. The minimum absolute atomic E-state index is 0.179. The molecule has 1 aromatic rings. The maximum absolute atomic E-state index is 11.9. The van der Waals surface area contributed by atoms with E-state index in [2.05, 4.69) is 24.5 Å². The van der Waals surface area contributed by atoms with Crippen molar-refractivity contribution in [3.63, 3.8) is 0 Å². The number of hydrogen-bond acceptors (Lipinski definition) is 2. The van der Waals surface area contributed by atoms with E-state index in [1.165, 1.54) is 0 Å². The van der Waals surface area contributed by atoms with Crippen LogP contribution >= 0.6 is 0 Å². The SMILES string of the molecule is CCCC[C@@H](CC)CNC(=O)C(=O)N[C@H](C)c1ccccc1. The van der Waals surface area contributed by atoms with Crippen LogP contribution in [0.4, 0.5) is 0 Å². The summed E-state index contributed by atoms with van der Waals surface area (Å²) in [5, 5.41) is 5.48. The molecule has 1 rings (SSSR count). The van der Waals surface area contributed by atoms with Crippen molar-refractivity contribution >= 4 is 11.8 Å². The Bertz CT molecular complexity index is 459. The molecule has 4 heteroatoms. The smallest absolute Gasteiger partial charge is 0.309 e. The van der Waals surface area contributed by atoms with Crippen molar-refractivity contribution < 1.29 is 9.59 Å². The zero-order valence-corrected chi connectivity index (χ0v) is 13.9. The van der Waals surface area contributed by atoms with Crippen LogP contribution in [-0.4, -0.2) is 18.4 Å². The molecular weight excluding hydrogens is 276 g/mol. The molecule has 1 aromatic carbocycles. The van der Waals surface area contributed by atoms with Crippen LogP contribution < -0.4 is 10.6 Å². The first-order valence-electron chi connectivity index (χ1n) is 8.22. The number of rotatable bonds is 8. The van der Waals surface area contributed by atoms with Crippen LogP contribution in [0.15, 0.2) is 30.3 Å². The Hall–Kier alpha value is -1.84. The van der Waals surface area contributed by atoms with Gasteiger partial charge in [-0.25, -0.2) is 0 Å². The molecule has 0 fully saturated rings. The van der Waals surface area contributed by atoms with Gasteiger partial charge in [0.2, 0.25) is 0 Å². The molecule has 2 N–H and O–H groups in total. The number of benzene rings is 1. The van der Waals surface area contributed by atoms with Crippen molar-refractivity contribution in [3.05, 3.63) is 35.9 Å². The number of carbonyl (C=O) groups excluding carboxylic acids is 2. The van der Waals surface area contributed by atoms with Gasteiger partial charge in [-0.3, -0.25) is 9.59 Å². The third-order valence-corrected chi connectivity index (χ3v) is 3.95. The van der Waals surface area contributed by atoms with E-state index >= 15 is 0 Å². The quantitative estimate of drug-likeness (QED) is 0.725. The Morgan fingerprint density at radius 1 is 1.09 bits per heavy atom. The number of carbonyl (C=O) groups is 2. The number of unbranched alkanes of at least 4 members (excludes halogenated alkanes) is 1. The van der Waals surface area contributed by atoms with Gasteiger partial charge in [-0.2, -0.15) is 0 Å². The topological polar surface area (TPSA) is 58.2 Å². The van der Waals surface area contributed by atoms with Crippen molar-refractivity contribution in [3.8, 4) is 0 Å². The molecule has 0 saturated heterocycles. The van der Waals surface area contributed by atoms with E-state index in [-0.39, 0.29) is 6.04 Å². The van der Waals surface area contributed by atoms with Gasteiger partial charge in [0, 0.05) is 6.54 Å². The van der Waals surface area contributed by atoms with E-state index < -0.39 is 11.8 Å². The highest BCUT2D eigenvalue weighted by atomic mass is 16.2. The average Bonchev–Trinajstić information content (AvgIpc) is 2.55. The molecule has 4 nitrogen and oxygen atoms in total. The minimum atomic E-state index is -0.568. The van der Waals surface area contributed by atoms with Crippen molar-refractivity contribution in [1.82, 2.24) is 10.6 Å². The molecule has 0 aromatic heterocycles. The summed E-state index contributed by atoms with van der Waals surface area (Å²) in [5.74, 6) is -0.664. The molecule has 0 aliphatic rings. The lowest BCUT2D eigenvalue weighted by atomic mass is 9.99. The highest BCUT2D eigenvalue weighted by Gasteiger charge is 2.17. The van der Waals surface area contributed by atoms with Gasteiger partial charge in [0.25, 0.3) is 0 Å². The molecule has 0 spiro atoms. The van der Waals surface area contributed by atoms with Crippen LogP contribution in [0.25, 0.3) is 0 Å². The Kier molecular flexibility index (Phi) is 8.26.